The molecule has 0 aliphatic heterocycles. The number of aromatic nitrogens is 1. The zero-order chi connectivity index (χ0) is 15.4. The first-order chi connectivity index (χ1) is 9.99. The first-order valence-corrected chi connectivity index (χ1v) is 6.81. The van der Waals surface area contributed by atoms with E-state index in [2.05, 4.69) is 17.2 Å². The number of amides is 1. The second-order valence-corrected chi connectivity index (χ2v) is 5.14. The van der Waals surface area contributed by atoms with Crippen LogP contribution >= 0.6 is 11.6 Å². The third-order valence-corrected chi connectivity index (χ3v) is 3.08. The van der Waals surface area contributed by atoms with Crippen molar-refractivity contribution in [1.82, 2.24) is 4.57 Å². The Bertz CT molecular complexity index is 738. The molecule has 2 rings (SSSR count). The summed E-state index contributed by atoms with van der Waals surface area (Å²) in [5, 5.41) is 3.38. The van der Waals surface area contributed by atoms with E-state index >= 15 is 0 Å². The van der Waals surface area contributed by atoms with E-state index in [9.17, 15) is 4.79 Å². The molecule has 1 amide bonds. The predicted octanol–water partition coefficient (Wildman–Crippen LogP) is 2.55. The molecule has 0 saturated heterocycles. The molecule has 0 saturated carbocycles. The van der Waals surface area contributed by atoms with Crippen molar-refractivity contribution in [2.24, 2.45) is 12.8 Å². The molecule has 21 heavy (non-hydrogen) atoms. The van der Waals surface area contributed by atoms with Gasteiger partial charge in [0, 0.05) is 24.5 Å². The van der Waals surface area contributed by atoms with Gasteiger partial charge in [-0.1, -0.05) is 23.4 Å². The molecule has 0 spiro atoms. The summed E-state index contributed by atoms with van der Waals surface area (Å²) in [7, 11) is 1.77. The van der Waals surface area contributed by atoms with Gasteiger partial charge in [-0.25, -0.2) is 0 Å². The quantitative estimate of drug-likeness (QED) is 0.838. The Labute approximate surface area is 128 Å². The van der Waals surface area contributed by atoms with E-state index in [1.165, 1.54) is 0 Å². The normalized spacial score (nSPS) is 9.90. The zero-order valence-electron chi connectivity index (χ0n) is 11.9. The molecule has 1 aromatic carbocycles. The standard InChI is InChI=1S/C16H16ClN3O/c1-11-6-12(4-3-5-18)8-14(7-11)19-16(21)15-9-13(17)10-20(15)2/h6-10H,5,18H2,1-2H3,(H,19,21). The summed E-state index contributed by atoms with van der Waals surface area (Å²) in [6.45, 7) is 2.25. The van der Waals surface area contributed by atoms with Crippen LogP contribution < -0.4 is 11.1 Å². The van der Waals surface area contributed by atoms with Crippen molar-refractivity contribution in [3.63, 3.8) is 0 Å². The lowest BCUT2D eigenvalue weighted by atomic mass is 10.1. The third kappa shape index (κ3) is 3.88. The highest BCUT2D eigenvalue weighted by atomic mass is 35.5. The van der Waals surface area contributed by atoms with Crippen LogP contribution in [0, 0.1) is 18.8 Å². The maximum atomic E-state index is 12.2. The summed E-state index contributed by atoms with van der Waals surface area (Å²) in [5.41, 5.74) is 8.39. The van der Waals surface area contributed by atoms with Gasteiger partial charge in [-0.3, -0.25) is 4.79 Å². The Morgan fingerprint density at radius 2 is 2.14 bits per heavy atom. The fourth-order valence-electron chi connectivity index (χ4n) is 2.03. The van der Waals surface area contributed by atoms with Crippen molar-refractivity contribution >= 4 is 23.2 Å². The molecule has 0 unspecified atom stereocenters. The Kier molecular flexibility index (Phi) is 4.69. The first-order valence-electron chi connectivity index (χ1n) is 6.43. The largest absolute Gasteiger partial charge is 0.345 e. The molecule has 0 atom stereocenters. The first kappa shape index (κ1) is 15.2. The Balaban J connectivity index is 2.25. The highest BCUT2D eigenvalue weighted by Gasteiger charge is 2.11. The van der Waals surface area contributed by atoms with E-state index in [1.54, 1.807) is 23.9 Å². The van der Waals surface area contributed by atoms with Crippen LogP contribution in [0.3, 0.4) is 0 Å². The van der Waals surface area contributed by atoms with E-state index in [-0.39, 0.29) is 5.91 Å². The summed E-state index contributed by atoms with van der Waals surface area (Å²) in [6, 6.07) is 7.27. The molecule has 0 fully saturated rings. The minimum absolute atomic E-state index is 0.215. The number of hydrogen-bond donors (Lipinski definition) is 2. The van der Waals surface area contributed by atoms with Crippen LogP contribution in [-0.2, 0) is 7.05 Å². The Hall–Kier alpha value is -2.22. The van der Waals surface area contributed by atoms with E-state index in [0.717, 1.165) is 11.1 Å². The van der Waals surface area contributed by atoms with Crippen LogP contribution in [0.5, 0.6) is 0 Å². The summed E-state index contributed by atoms with van der Waals surface area (Å²) < 4.78 is 1.68. The number of nitrogens with one attached hydrogen (secondary N) is 1. The second kappa shape index (κ2) is 6.49. The number of anilines is 1. The molecule has 0 aliphatic carbocycles. The van der Waals surface area contributed by atoms with Crippen LogP contribution in [-0.4, -0.2) is 17.0 Å². The van der Waals surface area contributed by atoms with Crippen LogP contribution in [0.2, 0.25) is 5.02 Å². The molecule has 1 heterocycles. The van der Waals surface area contributed by atoms with Gasteiger partial charge < -0.3 is 15.6 Å². The molecule has 2 aromatic rings. The van der Waals surface area contributed by atoms with Gasteiger partial charge in [0.25, 0.3) is 5.91 Å². The number of hydrogen-bond acceptors (Lipinski definition) is 2. The summed E-state index contributed by atoms with van der Waals surface area (Å²) in [5.74, 6) is 5.55. The van der Waals surface area contributed by atoms with E-state index in [1.807, 2.05) is 25.1 Å². The van der Waals surface area contributed by atoms with Gasteiger partial charge in [-0.05, 0) is 36.8 Å². The number of benzene rings is 1. The van der Waals surface area contributed by atoms with E-state index in [4.69, 9.17) is 17.3 Å². The minimum Gasteiger partial charge on any atom is -0.345 e. The molecule has 3 N–H and O–H groups in total. The van der Waals surface area contributed by atoms with Crippen molar-refractivity contribution in [1.29, 1.82) is 0 Å². The summed E-state index contributed by atoms with van der Waals surface area (Å²) in [4.78, 5) is 12.2. The van der Waals surface area contributed by atoms with Gasteiger partial charge >= 0.3 is 0 Å². The Morgan fingerprint density at radius 3 is 2.76 bits per heavy atom. The molecule has 0 bridgehead atoms. The fourth-order valence-corrected chi connectivity index (χ4v) is 2.28. The molecular weight excluding hydrogens is 286 g/mol. The van der Waals surface area contributed by atoms with Gasteiger partial charge in [0.15, 0.2) is 0 Å². The van der Waals surface area contributed by atoms with E-state index < -0.39 is 0 Å². The number of rotatable bonds is 2. The van der Waals surface area contributed by atoms with Crippen LogP contribution in [0.15, 0.2) is 30.5 Å². The number of carbonyl (C=O) groups is 1. The summed E-state index contributed by atoms with van der Waals surface area (Å²) >= 11 is 5.89. The minimum atomic E-state index is -0.215. The highest BCUT2D eigenvalue weighted by molar-refractivity contribution is 6.31. The van der Waals surface area contributed by atoms with Gasteiger partial charge in [0.1, 0.15) is 5.69 Å². The number of nitrogens with zero attached hydrogens (tertiary/aromatic N) is 1. The molecule has 0 aliphatic rings. The highest BCUT2D eigenvalue weighted by Crippen LogP contribution is 2.17. The number of carbonyl (C=O) groups excluding carboxylic acids is 1. The van der Waals surface area contributed by atoms with Gasteiger partial charge in [-0.15, -0.1) is 0 Å². The molecular formula is C16H16ClN3O. The molecule has 0 radical (unpaired) electrons. The molecule has 4 nitrogen and oxygen atoms in total. The monoisotopic (exact) mass is 301 g/mol. The Morgan fingerprint density at radius 1 is 1.38 bits per heavy atom. The van der Waals surface area contributed by atoms with Crippen LogP contribution in [0.1, 0.15) is 21.6 Å². The number of halogens is 1. The lowest BCUT2D eigenvalue weighted by molar-refractivity contribution is 0.101. The maximum Gasteiger partial charge on any atom is 0.272 e. The van der Waals surface area contributed by atoms with Gasteiger partial charge in [0.05, 0.1) is 11.6 Å². The number of aryl methyl sites for hydroxylation is 2. The van der Waals surface area contributed by atoms with E-state index in [0.29, 0.717) is 22.9 Å². The molecule has 5 heteroatoms. The third-order valence-electron chi connectivity index (χ3n) is 2.87. The fraction of sp³-hybridized carbons (Fsp3) is 0.188. The van der Waals surface area contributed by atoms with Crippen molar-refractivity contribution in [2.45, 2.75) is 6.92 Å². The average molecular weight is 302 g/mol. The van der Waals surface area contributed by atoms with Crippen LogP contribution in [0.4, 0.5) is 5.69 Å². The van der Waals surface area contributed by atoms with Crippen molar-refractivity contribution in [3.05, 3.63) is 52.3 Å². The second-order valence-electron chi connectivity index (χ2n) is 4.70. The topological polar surface area (TPSA) is 60.0 Å². The zero-order valence-corrected chi connectivity index (χ0v) is 12.7. The van der Waals surface area contributed by atoms with Gasteiger partial charge in [0.2, 0.25) is 0 Å². The smallest absolute Gasteiger partial charge is 0.272 e. The van der Waals surface area contributed by atoms with Gasteiger partial charge in [-0.2, -0.15) is 0 Å². The van der Waals surface area contributed by atoms with Crippen molar-refractivity contribution in [2.75, 3.05) is 11.9 Å². The molecule has 1 aromatic heterocycles. The SMILES string of the molecule is Cc1cc(C#CCN)cc(NC(=O)c2cc(Cl)cn2C)c1. The lowest BCUT2D eigenvalue weighted by Crippen LogP contribution is -2.15. The average Bonchev–Trinajstić information content (AvgIpc) is 2.75. The predicted molar refractivity (Wildman–Crippen MR) is 85.5 cm³/mol. The lowest BCUT2D eigenvalue weighted by Gasteiger charge is -2.07. The van der Waals surface area contributed by atoms with Crippen LogP contribution in [0.25, 0.3) is 0 Å². The van der Waals surface area contributed by atoms with Crippen molar-refractivity contribution in [3.8, 4) is 11.8 Å². The maximum absolute atomic E-state index is 12.2. The molecule has 108 valence electrons. The van der Waals surface area contributed by atoms with Crippen molar-refractivity contribution < 1.29 is 4.79 Å². The summed E-state index contributed by atoms with van der Waals surface area (Å²) in [6.07, 6.45) is 1.69. The number of nitrogens with two attached hydrogens (primary N) is 1.